The first-order valence-corrected chi connectivity index (χ1v) is 7.28. The number of anilines is 1. The largest absolute Gasteiger partial charge is 0.374 e. The second-order valence-corrected chi connectivity index (χ2v) is 5.52. The topological polar surface area (TPSA) is 35.6 Å². The summed E-state index contributed by atoms with van der Waals surface area (Å²) in [4.78, 5) is 16.8. The molecule has 0 aromatic heterocycles. The van der Waals surface area contributed by atoms with E-state index >= 15 is 0 Å². The molecule has 1 fully saturated rings. The maximum absolute atomic E-state index is 12.1. The Hall–Kier alpha value is -1.81. The number of hydrogen-bond acceptors (Lipinski definition) is 3. The summed E-state index contributed by atoms with van der Waals surface area (Å²) in [5.41, 5.74) is 3.95. The Morgan fingerprint density at radius 2 is 2.00 bits per heavy atom. The van der Waals surface area contributed by atoms with Gasteiger partial charge in [-0.15, -0.1) is 0 Å². The molecule has 4 heteroatoms. The summed E-state index contributed by atoms with van der Waals surface area (Å²) in [7, 11) is 0. The molecule has 0 atom stereocenters. The molecule has 1 aromatic rings. The van der Waals surface area contributed by atoms with Crippen LogP contribution in [0.1, 0.15) is 18.1 Å². The van der Waals surface area contributed by atoms with E-state index in [-0.39, 0.29) is 5.91 Å². The second kappa shape index (κ2) is 5.29. The Labute approximate surface area is 120 Å². The van der Waals surface area contributed by atoms with Crippen molar-refractivity contribution < 1.29 is 4.79 Å². The summed E-state index contributed by atoms with van der Waals surface area (Å²) in [6, 6.07) is 6.10. The normalized spacial score (nSPS) is 21.2. The van der Waals surface area contributed by atoms with Crippen molar-refractivity contribution in [1.29, 1.82) is 0 Å². The molecule has 0 aliphatic carbocycles. The van der Waals surface area contributed by atoms with Crippen LogP contribution in [0.3, 0.4) is 0 Å². The van der Waals surface area contributed by atoms with Gasteiger partial charge < -0.3 is 15.1 Å². The van der Waals surface area contributed by atoms with Crippen molar-refractivity contribution in [3.8, 4) is 0 Å². The SMILES string of the molecule is CCN1CCN(/C=C2/C(=O)Nc3ccc(C)cc32)CC1. The van der Waals surface area contributed by atoms with E-state index in [9.17, 15) is 4.79 Å². The fourth-order valence-corrected chi connectivity index (χ4v) is 2.82. The zero-order valence-electron chi connectivity index (χ0n) is 12.1. The van der Waals surface area contributed by atoms with Crippen LogP contribution >= 0.6 is 0 Å². The van der Waals surface area contributed by atoms with Gasteiger partial charge in [-0.2, -0.15) is 0 Å². The number of carbonyl (C=O) groups is 1. The van der Waals surface area contributed by atoms with E-state index in [1.54, 1.807) is 0 Å². The number of benzene rings is 1. The molecule has 1 N–H and O–H groups in total. The van der Waals surface area contributed by atoms with Crippen LogP contribution in [-0.2, 0) is 4.79 Å². The summed E-state index contributed by atoms with van der Waals surface area (Å²) in [5, 5.41) is 2.94. The third kappa shape index (κ3) is 2.43. The number of likely N-dealkylation sites (N-methyl/N-ethyl adjacent to an activating group) is 1. The predicted octanol–water partition coefficient (Wildman–Crippen LogP) is 1.93. The number of amides is 1. The van der Waals surface area contributed by atoms with E-state index in [2.05, 4.69) is 35.0 Å². The zero-order valence-corrected chi connectivity index (χ0v) is 12.1. The molecule has 1 amide bonds. The molecule has 0 spiro atoms. The first-order chi connectivity index (χ1) is 9.67. The third-order valence-electron chi connectivity index (χ3n) is 4.12. The number of rotatable bonds is 2. The van der Waals surface area contributed by atoms with Gasteiger partial charge in [-0.3, -0.25) is 4.79 Å². The summed E-state index contributed by atoms with van der Waals surface area (Å²) in [6.07, 6.45) is 2.04. The van der Waals surface area contributed by atoms with Gasteiger partial charge in [0.05, 0.1) is 5.57 Å². The number of piperazine rings is 1. The van der Waals surface area contributed by atoms with Gasteiger partial charge in [-0.05, 0) is 25.6 Å². The van der Waals surface area contributed by atoms with Gasteiger partial charge in [-0.1, -0.05) is 18.6 Å². The Bertz CT molecular complexity index is 557. The molecular formula is C16H21N3O. The van der Waals surface area contributed by atoms with Crippen molar-refractivity contribution in [3.05, 3.63) is 35.5 Å². The van der Waals surface area contributed by atoms with E-state index < -0.39 is 0 Å². The average molecular weight is 271 g/mol. The number of fused-ring (bicyclic) bond motifs is 1. The maximum atomic E-state index is 12.1. The van der Waals surface area contributed by atoms with Crippen LogP contribution in [0.4, 0.5) is 5.69 Å². The first kappa shape index (κ1) is 13.2. The lowest BCUT2D eigenvalue weighted by Gasteiger charge is -2.33. The van der Waals surface area contributed by atoms with E-state index in [0.717, 1.165) is 49.5 Å². The summed E-state index contributed by atoms with van der Waals surface area (Å²) >= 11 is 0. The molecule has 2 aliphatic heterocycles. The number of hydrogen-bond donors (Lipinski definition) is 1. The lowest BCUT2D eigenvalue weighted by Crippen LogP contribution is -2.43. The van der Waals surface area contributed by atoms with Gasteiger partial charge in [0.15, 0.2) is 0 Å². The Balaban J connectivity index is 1.82. The Kier molecular flexibility index (Phi) is 3.49. The molecule has 0 unspecified atom stereocenters. The molecule has 20 heavy (non-hydrogen) atoms. The molecule has 3 rings (SSSR count). The fourth-order valence-electron chi connectivity index (χ4n) is 2.82. The van der Waals surface area contributed by atoms with Gasteiger partial charge >= 0.3 is 0 Å². The van der Waals surface area contributed by atoms with Crippen LogP contribution in [0, 0.1) is 6.92 Å². The molecule has 2 aliphatic rings. The molecule has 0 radical (unpaired) electrons. The lowest BCUT2D eigenvalue weighted by atomic mass is 10.1. The second-order valence-electron chi connectivity index (χ2n) is 5.52. The number of nitrogens with one attached hydrogen (secondary N) is 1. The lowest BCUT2D eigenvalue weighted by molar-refractivity contribution is -0.110. The van der Waals surface area contributed by atoms with E-state index in [1.165, 1.54) is 5.56 Å². The van der Waals surface area contributed by atoms with Crippen molar-refractivity contribution >= 4 is 17.2 Å². The van der Waals surface area contributed by atoms with Gasteiger partial charge in [-0.25, -0.2) is 0 Å². The number of aryl methyl sites for hydroxylation is 1. The van der Waals surface area contributed by atoms with Crippen molar-refractivity contribution in [2.75, 3.05) is 38.0 Å². The van der Waals surface area contributed by atoms with Crippen molar-refractivity contribution in [2.24, 2.45) is 0 Å². The first-order valence-electron chi connectivity index (χ1n) is 7.28. The van der Waals surface area contributed by atoms with Gasteiger partial charge in [0.1, 0.15) is 0 Å². The van der Waals surface area contributed by atoms with E-state index in [1.807, 2.05) is 18.3 Å². The summed E-state index contributed by atoms with van der Waals surface area (Å²) in [5.74, 6) is 0.0171. The molecule has 2 heterocycles. The summed E-state index contributed by atoms with van der Waals surface area (Å²) < 4.78 is 0. The minimum Gasteiger partial charge on any atom is -0.374 e. The van der Waals surface area contributed by atoms with Gasteiger partial charge in [0.2, 0.25) is 0 Å². The number of carbonyl (C=O) groups excluding carboxylic acids is 1. The molecule has 0 bridgehead atoms. The molecule has 4 nitrogen and oxygen atoms in total. The molecule has 1 aromatic carbocycles. The van der Waals surface area contributed by atoms with Crippen LogP contribution < -0.4 is 5.32 Å². The highest BCUT2D eigenvalue weighted by molar-refractivity contribution is 6.31. The highest BCUT2D eigenvalue weighted by Gasteiger charge is 2.25. The van der Waals surface area contributed by atoms with Crippen LogP contribution in [0.15, 0.2) is 24.4 Å². The summed E-state index contributed by atoms with van der Waals surface area (Å²) in [6.45, 7) is 9.48. The molecule has 0 saturated carbocycles. The van der Waals surface area contributed by atoms with E-state index in [4.69, 9.17) is 0 Å². The number of nitrogens with zero attached hydrogens (tertiary/aromatic N) is 2. The van der Waals surface area contributed by atoms with Crippen LogP contribution in [0.25, 0.3) is 5.57 Å². The van der Waals surface area contributed by atoms with Crippen LogP contribution in [0.5, 0.6) is 0 Å². The third-order valence-corrected chi connectivity index (χ3v) is 4.12. The van der Waals surface area contributed by atoms with Gasteiger partial charge in [0, 0.05) is 43.6 Å². The Morgan fingerprint density at radius 3 is 2.70 bits per heavy atom. The van der Waals surface area contributed by atoms with E-state index in [0.29, 0.717) is 0 Å². The van der Waals surface area contributed by atoms with Crippen LogP contribution in [-0.4, -0.2) is 48.4 Å². The van der Waals surface area contributed by atoms with Crippen molar-refractivity contribution in [1.82, 2.24) is 9.80 Å². The minimum absolute atomic E-state index is 0.0171. The maximum Gasteiger partial charge on any atom is 0.257 e. The highest BCUT2D eigenvalue weighted by atomic mass is 16.2. The van der Waals surface area contributed by atoms with Crippen LogP contribution in [0.2, 0.25) is 0 Å². The zero-order chi connectivity index (χ0) is 14.1. The Morgan fingerprint density at radius 1 is 1.25 bits per heavy atom. The standard InChI is InChI=1S/C16H21N3O/c1-3-18-6-8-19(9-7-18)11-14-13-10-12(2)4-5-15(13)17-16(14)20/h4-5,10-11H,3,6-9H2,1-2H3,(H,17,20)/b14-11+. The van der Waals surface area contributed by atoms with Gasteiger partial charge in [0.25, 0.3) is 5.91 Å². The molecular weight excluding hydrogens is 250 g/mol. The monoisotopic (exact) mass is 271 g/mol. The quantitative estimate of drug-likeness (QED) is 0.835. The smallest absolute Gasteiger partial charge is 0.257 e. The minimum atomic E-state index is 0.0171. The molecule has 106 valence electrons. The fraction of sp³-hybridized carbons (Fsp3) is 0.438. The molecule has 1 saturated heterocycles. The predicted molar refractivity (Wildman–Crippen MR) is 81.5 cm³/mol. The average Bonchev–Trinajstić information content (AvgIpc) is 2.76. The highest BCUT2D eigenvalue weighted by Crippen LogP contribution is 2.32. The van der Waals surface area contributed by atoms with Crippen molar-refractivity contribution in [2.45, 2.75) is 13.8 Å². The van der Waals surface area contributed by atoms with Crippen molar-refractivity contribution in [3.63, 3.8) is 0 Å².